The summed E-state index contributed by atoms with van der Waals surface area (Å²) in [7, 11) is 0. The second kappa shape index (κ2) is 7.97. The summed E-state index contributed by atoms with van der Waals surface area (Å²) in [6.07, 6.45) is 3.48. The van der Waals surface area contributed by atoms with Crippen molar-refractivity contribution in [3.05, 3.63) is 41.2 Å². The van der Waals surface area contributed by atoms with Gasteiger partial charge in [0.25, 0.3) is 11.8 Å². The number of hydrogen-bond acceptors (Lipinski definition) is 4. The van der Waals surface area contributed by atoms with E-state index in [1.54, 1.807) is 24.3 Å². The molecule has 0 aliphatic heterocycles. The number of rotatable bonds is 7. The molecule has 0 saturated heterocycles. The van der Waals surface area contributed by atoms with Crippen molar-refractivity contribution in [1.29, 1.82) is 0 Å². The number of hydrogen-bond donors (Lipinski definition) is 2. The highest BCUT2D eigenvalue weighted by molar-refractivity contribution is 7.18. The Morgan fingerprint density at radius 2 is 1.91 bits per heavy atom. The molecule has 0 aromatic carbocycles. The van der Waals surface area contributed by atoms with Gasteiger partial charge in [-0.25, -0.2) is 0 Å². The molecule has 0 fully saturated rings. The normalized spacial score (nSPS) is 12.2. The zero-order valence-electron chi connectivity index (χ0n) is 13.6. The lowest BCUT2D eigenvalue weighted by Gasteiger charge is -2.14. The van der Waals surface area contributed by atoms with Crippen LogP contribution in [0.1, 0.15) is 53.8 Å². The monoisotopic (exact) mass is 334 g/mol. The van der Waals surface area contributed by atoms with Crippen molar-refractivity contribution < 1.29 is 14.0 Å². The van der Waals surface area contributed by atoms with E-state index in [-0.39, 0.29) is 23.6 Å². The van der Waals surface area contributed by atoms with Crippen molar-refractivity contribution in [2.24, 2.45) is 5.92 Å². The third kappa shape index (κ3) is 5.25. The maximum absolute atomic E-state index is 12.2. The molecule has 6 heteroatoms. The number of amides is 2. The van der Waals surface area contributed by atoms with Crippen LogP contribution in [0.25, 0.3) is 0 Å². The zero-order valence-corrected chi connectivity index (χ0v) is 14.4. The Labute approximate surface area is 140 Å². The molecule has 0 saturated carbocycles. The van der Waals surface area contributed by atoms with Crippen LogP contribution in [-0.2, 0) is 0 Å². The molecular formula is C17H22N2O3S. The van der Waals surface area contributed by atoms with Crippen molar-refractivity contribution in [2.75, 3.05) is 5.32 Å². The van der Waals surface area contributed by atoms with Gasteiger partial charge in [0.15, 0.2) is 5.76 Å². The summed E-state index contributed by atoms with van der Waals surface area (Å²) in [6, 6.07) is 6.81. The lowest BCUT2D eigenvalue weighted by Crippen LogP contribution is -2.32. The van der Waals surface area contributed by atoms with Crippen LogP contribution in [0.15, 0.2) is 34.9 Å². The van der Waals surface area contributed by atoms with Gasteiger partial charge in [0.2, 0.25) is 0 Å². The predicted molar refractivity (Wildman–Crippen MR) is 92.0 cm³/mol. The van der Waals surface area contributed by atoms with Gasteiger partial charge in [-0.2, -0.15) is 0 Å². The fraction of sp³-hybridized carbons (Fsp3) is 0.412. The van der Waals surface area contributed by atoms with Gasteiger partial charge in [-0.1, -0.05) is 13.8 Å². The molecule has 2 N–H and O–H groups in total. The van der Waals surface area contributed by atoms with Gasteiger partial charge in [0.05, 0.1) is 16.1 Å². The second-order valence-electron chi connectivity index (χ2n) is 5.94. The predicted octanol–water partition coefficient (Wildman–Crippen LogP) is 4.15. The van der Waals surface area contributed by atoms with Crippen molar-refractivity contribution in [3.8, 4) is 0 Å². The van der Waals surface area contributed by atoms with Gasteiger partial charge in [-0.15, -0.1) is 11.3 Å². The molecule has 0 spiro atoms. The van der Waals surface area contributed by atoms with Gasteiger partial charge in [0.1, 0.15) is 0 Å². The molecule has 0 radical (unpaired) electrons. The first-order valence-electron chi connectivity index (χ1n) is 7.71. The van der Waals surface area contributed by atoms with Crippen molar-refractivity contribution in [3.63, 3.8) is 0 Å². The Morgan fingerprint density at radius 1 is 1.13 bits per heavy atom. The minimum Gasteiger partial charge on any atom is -0.459 e. The largest absolute Gasteiger partial charge is 0.459 e. The van der Waals surface area contributed by atoms with Gasteiger partial charge < -0.3 is 15.1 Å². The first-order valence-corrected chi connectivity index (χ1v) is 8.53. The van der Waals surface area contributed by atoms with Crippen LogP contribution in [0.2, 0.25) is 0 Å². The van der Waals surface area contributed by atoms with E-state index in [1.165, 1.54) is 17.6 Å². The van der Waals surface area contributed by atoms with Crippen LogP contribution in [0, 0.1) is 5.92 Å². The maximum atomic E-state index is 12.2. The number of carbonyl (C=O) groups excluding carboxylic acids is 2. The number of nitrogens with one attached hydrogen (secondary N) is 2. The van der Waals surface area contributed by atoms with E-state index in [0.29, 0.717) is 15.8 Å². The van der Waals surface area contributed by atoms with Crippen LogP contribution in [0.3, 0.4) is 0 Å². The fourth-order valence-electron chi connectivity index (χ4n) is 2.06. The smallest absolute Gasteiger partial charge is 0.291 e. The van der Waals surface area contributed by atoms with Gasteiger partial charge in [0, 0.05) is 6.04 Å². The quantitative estimate of drug-likeness (QED) is 0.799. The molecule has 124 valence electrons. The zero-order chi connectivity index (χ0) is 16.8. The average molecular weight is 334 g/mol. The Balaban J connectivity index is 1.88. The van der Waals surface area contributed by atoms with E-state index in [1.807, 2.05) is 6.92 Å². The highest BCUT2D eigenvalue weighted by Crippen LogP contribution is 2.23. The van der Waals surface area contributed by atoms with Crippen LogP contribution in [-0.4, -0.2) is 17.9 Å². The summed E-state index contributed by atoms with van der Waals surface area (Å²) >= 11 is 1.25. The first kappa shape index (κ1) is 17.3. The van der Waals surface area contributed by atoms with Gasteiger partial charge in [-0.05, 0) is 49.9 Å². The van der Waals surface area contributed by atoms with E-state index in [2.05, 4.69) is 24.5 Å². The van der Waals surface area contributed by atoms with Crippen LogP contribution < -0.4 is 10.6 Å². The minimum atomic E-state index is -0.325. The van der Waals surface area contributed by atoms with Crippen LogP contribution in [0.4, 0.5) is 5.00 Å². The summed E-state index contributed by atoms with van der Waals surface area (Å²) < 4.78 is 5.03. The van der Waals surface area contributed by atoms with E-state index >= 15 is 0 Å². The van der Waals surface area contributed by atoms with Crippen molar-refractivity contribution >= 4 is 28.2 Å². The Kier molecular flexibility index (Phi) is 5.98. The van der Waals surface area contributed by atoms with E-state index in [4.69, 9.17) is 4.42 Å². The van der Waals surface area contributed by atoms with Gasteiger partial charge in [-0.3, -0.25) is 9.59 Å². The second-order valence-corrected chi connectivity index (χ2v) is 7.02. The molecule has 0 aliphatic carbocycles. The lowest BCUT2D eigenvalue weighted by atomic mass is 10.0. The van der Waals surface area contributed by atoms with Crippen LogP contribution in [0.5, 0.6) is 0 Å². The summed E-state index contributed by atoms with van der Waals surface area (Å²) in [5, 5.41) is 6.32. The molecule has 0 aliphatic rings. The molecule has 1 atom stereocenters. The molecular weight excluding hydrogens is 312 g/mol. The summed E-state index contributed by atoms with van der Waals surface area (Å²) in [4.78, 5) is 24.7. The minimum absolute atomic E-state index is 0.107. The summed E-state index contributed by atoms with van der Waals surface area (Å²) in [5.41, 5.74) is 0. The van der Waals surface area contributed by atoms with E-state index < -0.39 is 0 Å². The third-order valence-electron chi connectivity index (χ3n) is 3.37. The van der Waals surface area contributed by atoms with E-state index in [0.717, 1.165) is 12.8 Å². The molecule has 1 unspecified atom stereocenters. The third-order valence-corrected chi connectivity index (χ3v) is 4.37. The Hall–Kier alpha value is -2.08. The van der Waals surface area contributed by atoms with Crippen molar-refractivity contribution in [1.82, 2.24) is 5.32 Å². The van der Waals surface area contributed by atoms with Gasteiger partial charge >= 0.3 is 0 Å². The SMILES string of the molecule is CC(C)CCC(C)NC(=O)c1ccc(NC(=O)c2ccco2)s1. The molecule has 2 aromatic rings. The average Bonchev–Trinajstić information content (AvgIpc) is 3.16. The van der Waals surface area contributed by atoms with E-state index in [9.17, 15) is 9.59 Å². The molecule has 2 aromatic heterocycles. The van der Waals surface area contributed by atoms with Crippen molar-refractivity contribution in [2.45, 2.75) is 39.7 Å². The molecule has 5 nitrogen and oxygen atoms in total. The Bertz CT molecular complexity index is 647. The topological polar surface area (TPSA) is 71.3 Å². The maximum Gasteiger partial charge on any atom is 0.291 e. The number of anilines is 1. The molecule has 0 bridgehead atoms. The standard InChI is InChI=1S/C17H22N2O3S/c1-11(2)6-7-12(3)18-17(21)14-8-9-15(23-14)19-16(20)13-5-4-10-22-13/h4-5,8-12H,6-7H2,1-3H3,(H,18,21)(H,19,20). The summed E-state index contributed by atoms with van der Waals surface area (Å²) in [6.45, 7) is 6.34. The van der Waals surface area contributed by atoms with Crippen LogP contribution >= 0.6 is 11.3 Å². The molecule has 2 rings (SSSR count). The number of carbonyl (C=O) groups is 2. The highest BCUT2D eigenvalue weighted by Gasteiger charge is 2.15. The fourth-order valence-corrected chi connectivity index (χ4v) is 2.86. The first-order chi connectivity index (χ1) is 11.0. The summed E-state index contributed by atoms with van der Waals surface area (Å²) in [5.74, 6) is 0.435. The molecule has 2 heterocycles. The lowest BCUT2D eigenvalue weighted by molar-refractivity contribution is 0.0940. The number of thiophene rings is 1. The highest BCUT2D eigenvalue weighted by atomic mass is 32.1. The molecule has 23 heavy (non-hydrogen) atoms. The Morgan fingerprint density at radius 3 is 2.57 bits per heavy atom. The molecule has 2 amide bonds. The number of furan rings is 1.